The van der Waals surface area contributed by atoms with Crippen molar-refractivity contribution in [3.63, 3.8) is 0 Å². The minimum Gasteiger partial charge on any atom is -0.134 e. The lowest BCUT2D eigenvalue weighted by atomic mass is 10.1. The molecule has 0 saturated carbocycles. The van der Waals surface area contributed by atoms with Crippen LogP contribution in [0.25, 0.3) is 51.1 Å². The predicted molar refractivity (Wildman–Crippen MR) is 110 cm³/mol. The van der Waals surface area contributed by atoms with Gasteiger partial charge in [-0.15, -0.1) is 22.7 Å². The van der Waals surface area contributed by atoms with E-state index in [0.29, 0.717) is 0 Å². The van der Waals surface area contributed by atoms with E-state index in [-0.39, 0.29) is 0 Å². The molecule has 0 bridgehead atoms. The van der Waals surface area contributed by atoms with E-state index >= 15 is 0 Å². The number of hydrogen-bond donors (Lipinski definition) is 0. The summed E-state index contributed by atoms with van der Waals surface area (Å²) in [4.78, 5) is 0. The third kappa shape index (κ3) is 1.57. The molecular formula is C22H12S2. The molecule has 0 N–H and O–H groups in total. The molecule has 2 aromatic heterocycles. The Balaban J connectivity index is 1.91. The van der Waals surface area contributed by atoms with Crippen molar-refractivity contribution in [2.24, 2.45) is 0 Å². The summed E-state index contributed by atoms with van der Waals surface area (Å²) in [5.74, 6) is 0. The summed E-state index contributed by atoms with van der Waals surface area (Å²) in [6.07, 6.45) is 0. The van der Waals surface area contributed by atoms with Crippen LogP contribution in [0.15, 0.2) is 72.8 Å². The van der Waals surface area contributed by atoms with Gasteiger partial charge in [-0.1, -0.05) is 66.7 Å². The lowest BCUT2D eigenvalue weighted by Gasteiger charge is -2.00. The van der Waals surface area contributed by atoms with Gasteiger partial charge in [-0.25, -0.2) is 0 Å². The number of benzene rings is 4. The summed E-state index contributed by atoms with van der Waals surface area (Å²) in [5, 5.41) is 8.23. The van der Waals surface area contributed by atoms with Gasteiger partial charge in [0.1, 0.15) is 0 Å². The van der Waals surface area contributed by atoms with Gasteiger partial charge < -0.3 is 0 Å². The summed E-state index contributed by atoms with van der Waals surface area (Å²) < 4.78 is 5.69. The Morgan fingerprint density at radius 3 is 2.04 bits per heavy atom. The zero-order chi connectivity index (χ0) is 15.7. The second kappa shape index (κ2) is 4.56. The van der Waals surface area contributed by atoms with E-state index in [9.17, 15) is 0 Å². The Kier molecular flexibility index (Phi) is 2.46. The lowest BCUT2D eigenvalue weighted by Crippen LogP contribution is -1.72. The number of fused-ring (bicyclic) bond motifs is 9. The van der Waals surface area contributed by atoms with Crippen molar-refractivity contribution in [1.82, 2.24) is 0 Å². The summed E-state index contributed by atoms with van der Waals surface area (Å²) in [6.45, 7) is 0. The van der Waals surface area contributed by atoms with E-state index in [4.69, 9.17) is 0 Å². The standard InChI is InChI=1S/C22H12S2/c1-3-7-15-13(5-1)10-12-18-19(15)22-21(23-18)17-11-9-14-6-2-4-8-16(14)20(17)24-22/h1-12H. The van der Waals surface area contributed by atoms with Gasteiger partial charge in [0.2, 0.25) is 0 Å². The van der Waals surface area contributed by atoms with E-state index in [1.807, 2.05) is 22.7 Å². The van der Waals surface area contributed by atoms with Crippen molar-refractivity contribution < 1.29 is 0 Å². The fraction of sp³-hybridized carbons (Fsp3) is 0. The molecule has 0 aliphatic carbocycles. The Bertz CT molecular complexity index is 1400. The van der Waals surface area contributed by atoms with Crippen LogP contribution in [0.2, 0.25) is 0 Å². The maximum absolute atomic E-state index is 2.30. The predicted octanol–water partition coefficient (Wildman–Crippen LogP) is 7.58. The highest BCUT2D eigenvalue weighted by Crippen LogP contribution is 2.47. The molecule has 6 aromatic rings. The van der Waals surface area contributed by atoms with Crippen LogP contribution in [0.1, 0.15) is 0 Å². The topological polar surface area (TPSA) is 0 Å². The van der Waals surface area contributed by atoms with Crippen LogP contribution in [-0.4, -0.2) is 0 Å². The molecule has 0 saturated heterocycles. The minimum absolute atomic E-state index is 1.33. The molecule has 0 atom stereocenters. The normalized spacial score (nSPS) is 12.2. The third-order valence-electron chi connectivity index (χ3n) is 4.86. The van der Waals surface area contributed by atoms with Crippen LogP contribution in [0.3, 0.4) is 0 Å². The lowest BCUT2D eigenvalue weighted by molar-refractivity contribution is 1.82. The van der Waals surface area contributed by atoms with E-state index < -0.39 is 0 Å². The number of rotatable bonds is 0. The van der Waals surface area contributed by atoms with Crippen LogP contribution < -0.4 is 0 Å². The maximum atomic E-state index is 2.30. The van der Waals surface area contributed by atoms with Gasteiger partial charge in [0.15, 0.2) is 0 Å². The first-order chi connectivity index (χ1) is 11.9. The average Bonchev–Trinajstić information content (AvgIpc) is 3.17. The summed E-state index contributed by atoms with van der Waals surface area (Å²) in [6, 6.07) is 26.5. The molecule has 4 aromatic carbocycles. The Morgan fingerprint density at radius 2 is 1.17 bits per heavy atom. The van der Waals surface area contributed by atoms with Crippen molar-refractivity contribution >= 4 is 73.8 Å². The van der Waals surface area contributed by atoms with E-state index in [0.717, 1.165) is 0 Å². The van der Waals surface area contributed by atoms with Crippen LogP contribution >= 0.6 is 22.7 Å². The molecular weight excluding hydrogens is 328 g/mol. The molecule has 0 spiro atoms. The second-order valence-electron chi connectivity index (χ2n) is 6.19. The van der Waals surface area contributed by atoms with Crippen molar-refractivity contribution in [2.75, 3.05) is 0 Å². The number of hydrogen-bond acceptors (Lipinski definition) is 2. The van der Waals surface area contributed by atoms with Gasteiger partial charge in [0.25, 0.3) is 0 Å². The maximum Gasteiger partial charge on any atom is 0.0548 e. The van der Waals surface area contributed by atoms with Gasteiger partial charge in [0, 0.05) is 20.2 Å². The molecule has 0 aliphatic rings. The van der Waals surface area contributed by atoms with Gasteiger partial charge in [-0.2, -0.15) is 0 Å². The van der Waals surface area contributed by atoms with Crippen LogP contribution in [0.5, 0.6) is 0 Å². The zero-order valence-electron chi connectivity index (χ0n) is 12.7. The smallest absolute Gasteiger partial charge is 0.0548 e. The molecule has 6 rings (SSSR count). The SMILES string of the molecule is c1ccc2c(c1)ccc1c2sc2c1sc1ccc3ccccc3c12. The highest BCUT2D eigenvalue weighted by atomic mass is 32.1. The molecule has 0 amide bonds. The Labute approximate surface area is 146 Å². The van der Waals surface area contributed by atoms with Crippen molar-refractivity contribution in [1.29, 1.82) is 0 Å². The van der Waals surface area contributed by atoms with Gasteiger partial charge >= 0.3 is 0 Å². The third-order valence-corrected chi connectivity index (χ3v) is 7.44. The highest BCUT2D eigenvalue weighted by molar-refractivity contribution is 7.37. The molecule has 0 nitrogen and oxygen atoms in total. The fourth-order valence-corrected chi connectivity index (χ4v) is 6.58. The highest BCUT2D eigenvalue weighted by Gasteiger charge is 2.15. The van der Waals surface area contributed by atoms with E-state index in [2.05, 4.69) is 72.8 Å². The second-order valence-corrected chi connectivity index (χ2v) is 8.26. The monoisotopic (exact) mass is 340 g/mol. The molecule has 24 heavy (non-hydrogen) atoms. The first-order valence-electron chi connectivity index (χ1n) is 8.04. The summed E-state index contributed by atoms with van der Waals surface area (Å²) in [5.41, 5.74) is 0. The first-order valence-corrected chi connectivity index (χ1v) is 9.68. The molecule has 0 fully saturated rings. The van der Waals surface area contributed by atoms with Gasteiger partial charge in [-0.05, 0) is 27.6 Å². The largest absolute Gasteiger partial charge is 0.134 e. The molecule has 0 radical (unpaired) electrons. The van der Waals surface area contributed by atoms with Crippen molar-refractivity contribution in [3.8, 4) is 0 Å². The average molecular weight is 340 g/mol. The van der Waals surface area contributed by atoms with E-state index in [1.54, 1.807) is 0 Å². The first kappa shape index (κ1) is 12.9. The quantitative estimate of drug-likeness (QED) is 0.267. The van der Waals surface area contributed by atoms with Crippen LogP contribution in [-0.2, 0) is 0 Å². The van der Waals surface area contributed by atoms with E-state index in [1.165, 1.54) is 51.1 Å². The van der Waals surface area contributed by atoms with Crippen molar-refractivity contribution in [2.45, 2.75) is 0 Å². The minimum atomic E-state index is 1.33. The van der Waals surface area contributed by atoms with Crippen LogP contribution in [0, 0.1) is 0 Å². The molecule has 0 unspecified atom stereocenters. The summed E-state index contributed by atoms with van der Waals surface area (Å²) >= 11 is 3.88. The Morgan fingerprint density at radius 1 is 0.458 bits per heavy atom. The molecule has 0 aliphatic heterocycles. The molecule has 112 valence electrons. The summed E-state index contributed by atoms with van der Waals surface area (Å²) in [7, 11) is 0. The van der Waals surface area contributed by atoms with Crippen molar-refractivity contribution in [3.05, 3.63) is 72.8 Å². The zero-order valence-corrected chi connectivity index (χ0v) is 14.4. The number of thiophene rings is 2. The molecule has 2 heterocycles. The Hall–Kier alpha value is -2.42. The van der Waals surface area contributed by atoms with Gasteiger partial charge in [-0.3, -0.25) is 0 Å². The van der Waals surface area contributed by atoms with Gasteiger partial charge in [0.05, 0.1) is 9.40 Å². The fourth-order valence-electron chi connectivity index (χ4n) is 3.75. The van der Waals surface area contributed by atoms with Crippen LogP contribution in [0.4, 0.5) is 0 Å². The molecule has 2 heteroatoms.